The number of amides is 2. The molecule has 0 saturated carbocycles. The smallest absolute Gasteiger partial charge is 0.337 e. The van der Waals surface area contributed by atoms with E-state index in [0.29, 0.717) is 6.42 Å². The van der Waals surface area contributed by atoms with Gasteiger partial charge in [-0.1, -0.05) is 18.3 Å². The molecule has 1 aromatic heterocycles. The van der Waals surface area contributed by atoms with Crippen LogP contribution in [0, 0.1) is 5.82 Å². The Bertz CT molecular complexity index is 689. The zero-order valence-corrected chi connectivity index (χ0v) is 11.7. The van der Waals surface area contributed by atoms with E-state index >= 15 is 0 Å². The summed E-state index contributed by atoms with van der Waals surface area (Å²) in [4.78, 5) is 22.8. The molecule has 21 heavy (non-hydrogen) atoms. The molecule has 0 radical (unpaired) electrons. The van der Waals surface area contributed by atoms with Crippen LogP contribution in [0.2, 0.25) is 0 Å². The third-order valence-corrected chi connectivity index (χ3v) is 3.43. The fraction of sp³-hybridized carbons (Fsp3) is 0.167. The van der Waals surface area contributed by atoms with Crippen molar-refractivity contribution in [2.75, 3.05) is 10.6 Å². The van der Waals surface area contributed by atoms with Crippen LogP contribution in [0.5, 0.6) is 0 Å². The number of rotatable bonds is 4. The number of carbonyl (C=O) groups is 2. The van der Waals surface area contributed by atoms with E-state index in [0.717, 1.165) is 23.2 Å². The highest BCUT2D eigenvalue weighted by Gasteiger charge is 2.14. The number of benzene rings is 1. The van der Waals surface area contributed by atoms with Crippen molar-refractivity contribution in [3.05, 3.63) is 34.6 Å². The molecular weight excluding hydrogens is 299 g/mol. The van der Waals surface area contributed by atoms with Crippen LogP contribution in [-0.4, -0.2) is 27.3 Å². The number of carboxylic acid groups (broad SMARTS) is 1. The minimum atomic E-state index is -1.27. The van der Waals surface area contributed by atoms with Gasteiger partial charge in [0.15, 0.2) is 0 Å². The van der Waals surface area contributed by atoms with Crippen LogP contribution in [0.4, 0.5) is 20.0 Å². The summed E-state index contributed by atoms with van der Waals surface area (Å²) >= 11 is 1.20. The molecule has 0 atom stereocenters. The number of urea groups is 1. The molecule has 3 N–H and O–H groups in total. The molecule has 0 spiro atoms. The number of aromatic nitrogens is 2. The van der Waals surface area contributed by atoms with Crippen molar-refractivity contribution in [1.82, 2.24) is 10.2 Å². The fourth-order valence-corrected chi connectivity index (χ4v) is 2.18. The summed E-state index contributed by atoms with van der Waals surface area (Å²) in [6, 6.07) is 2.29. The SMILES string of the molecule is CCc1nnc(NC(=O)Nc2cc(F)ccc2C(=O)O)s1. The molecule has 0 saturated heterocycles. The van der Waals surface area contributed by atoms with Gasteiger partial charge >= 0.3 is 12.0 Å². The lowest BCUT2D eigenvalue weighted by atomic mass is 10.2. The number of nitrogens with zero attached hydrogens (tertiary/aromatic N) is 2. The summed E-state index contributed by atoms with van der Waals surface area (Å²) < 4.78 is 13.2. The first-order valence-electron chi connectivity index (χ1n) is 5.92. The number of anilines is 2. The normalized spacial score (nSPS) is 10.2. The van der Waals surface area contributed by atoms with Gasteiger partial charge in [-0.25, -0.2) is 14.0 Å². The second-order valence-electron chi connectivity index (χ2n) is 3.93. The van der Waals surface area contributed by atoms with Crippen molar-refractivity contribution in [2.45, 2.75) is 13.3 Å². The van der Waals surface area contributed by atoms with Gasteiger partial charge in [0.25, 0.3) is 0 Å². The molecule has 110 valence electrons. The summed E-state index contributed by atoms with van der Waals surface area (Å²) in [5.41, 5.74) is -0.349. The number of hydrogen-bond acceptors (Lipinski definition) is 5. The fourth-order valence-electron chi connectivity index (χ4n) is 1.50. The number of halogens is 1. The lowest BCUT2D eigenvalue weighted by molar-refractivity contribution is 0.0698. The number of aryl methyl sites for hydroxylation is 1. The van der Waals surface area contributed by atoms with E-state index in [2.05, 4.69) is 20.8 Å². The molecule has 0 unspecified atom stereocenters. The van der Waals surface area contributed by atoms with Crippen LogP contribution >= 0.6 is 11.3 Å². The average molecular weight is 310 g/mol. The summed E-state index contributed by atoms with van der Waals surface area (Å²) in [6.07, 6.45) is 0.689. The highest BCUT2D eigenvalue weighted by Crippen LogP contribution is 2.19. The van der Waals surface area contributed by atoms with Crippen molar-refractivity contribution >= 4 is 34.2 Å². The van der Waals surface area contributed by atoms with Crippen LogP contribution < -0.4 is 10.6 Å². The Labute approximate surface area is 122 Å². The van der Waals surface area contributed by atoms with Crippen molar-refractivity contribution in [2.24, 2.45) is 0 Å². The molecule has 2 rings (SSSR count). The summed E-state index contributed by atoms with van der Waals surface area (Å²) in [5.74, 6) is -1.92. The van der Waals surface area contributed by atoms with Crippen molar-refractivity contribution in [3.63, 3.8) is 0 Å². The van der Waals surface area contributed by atoms with Gasteiger partial charge in [-0.3, -0.25) is 5.32 Å². The molecule has 0 aliphatic heterocycles. The molecular formula is C12H11FN4O3S. The van der Waals surface area contributed by atoms with Crippen LogP contribution in [0.25, 0.3) is 0 Å². The Hall–Kier alpha value is -2.55. The number of aromatic carboxylic acids is 1. The largest absolute Gasteiger partial charge is 0.478 e. The zero-order valence-electron chi connectivity index (χ0n) is 10.9. The number of hydrogen-bond donors (Lipinski definition) is 3. The van der Waals surface area contributed by atoms with E-state index in [1.165, 1.54) is 11.3 Å². The van der Waals surface area contributed by atoms with E-state index in [9.17, 15) is 14.0 Å². The maximum absolute atomic E-state index is 13.2. The molecule has 1 heterocycles. The van der Waals surface area contributed by atoms with Crippen LogP contribution in [0.3, 0.4) is 0 Å². The molecule has 9 heteroatoms. The number of carboxylic acids is 1. The topological polar surface area (TPSA) is 104 Å². The molecule has 2 aromatic rings. The predicted octanol–water partition coefficient (Wildman–Crippen LogP) is 2.58. The Kier molecular flexibility index (Phi) is 4.43. The molecule has 0 aliphatic rings. The highest BCUT2D eigenvalue weighted by atomic mass is 32.1. The van der Waals surface area contributed by atoms with Gasteiger partial charge in [-0.15, -0.1) is 10.2 Å². The lowest BCUT2D eigenvalue weighted by Gasteiger charge is -2.08. The predicted molar refractivity (Wildman–Crippen MR) is 75.3 cm³/mol. The molecule has 7 nitrogen and oxygen atoms in total. The van der Waals surface area contributed by atoms with E-state index in [4.69, 9.17) is 5.11 Å². The maximum Gasteiger partial charge on any atom is 0.337 e. The first-order chi connectivity index (χ1) is 9.99. The molecule has 1 aromatic carbocycles. The van der Waals surface area contributed by atoms with Gasteiger partial charge in [0.1, 0.15) is 10.8 Å². The van der Waals surface area contributed by atoms with Gasteiger partial charge in [0, 0.05) is 0 Å². The molecule has 2 amide bonds. The maximum atomic E-state index is 13.2. The van der Waals surface area contributed by atoms with Crippen LogP contribution in [-0.2, 0) is 6.42 Å². The second kappa shape index (κ2) is 6.27. The Morgan fingerprint density at radius 2 is 2.10 bits per heavy atom. The molecule has 0 bridgehead atoms. The Morgan fingerprint density at radius 1 is 1.33 bits per heavy atom. The first kappa shape index (κ1) is 14.9. The van der Waals surface area contributed by atoms with Gasteiger partial charge < -0.3 is 10.4 Å². The summed E-state index contributed by atoms with van der Waals surface area (Å²) in [5, 5.41) is 22.3. The molecule has 0 aliphatic carbocycles. The lowest BCUT2D eigenvalue weighted by Crippen LogP contribution is -2.21. The van der Waals surface area contributed by atoms with Gasteiger partial charge in [0.2, 0.25) is 5.13 Å². The second-order valence-corrected chi connectivity index (χ2v) is 4.99. The van der Waals surface area contributed by atoms with Gasteiger partial charge in [-0.05, 0) is 24.6 Å². The van der Waals surface area contributed by atoms with Crippen molar-refractivity contribution in [1.29, 1.82) is 0 Å². The minimum Gasteiger partial charge on any atom is -0.478 e. The average Bonchev–Trinajstić information content (AvgIpc) is 2.85. The molecule has 0 fully saturated rings. The van der Waals surface area contributed by atoms with Crippen LogP contribution in [0.15, 0.2) is 18.2 Å². The summed E-state index contributed by atoms with van der Waals surface area (Å²) in [6.45, 7) is 1.90. The highest BCUT2D eigenvalue weighted by molar-refractivity contribution is 7.15. The number of nitrogens with one attached hydrogen (secondary N) is 2. The zero-order chi connectivity index (χ0) is 15.4. The first-order valence-corrected chi connectivity index (χ1v) is 6.74. The van der Waals surface area contributed by atoms with Crippen molar-refractivity contribution < 1.29 is 19.1 Å². The van der Waals surface area contributed by atoms with Crippen molar-refractivity contribution in [3.8, 4) is 0 Å². The minimum absolute atomic E-state index is 0.139. The standard InChI is InChI=1S/C12H11FN4O3S/c1-2-9-16-17-12(21-9)15-11(20)14-8-5-6(13)3-4-7(8)10(18)19/h3-5H,2H2,1H3,(H,18,19)(H2,14,15,17,20). The third-order valence-electron chi connectivity index (χ3n) is 2.45. The van der Waals surface area contributed by atoms with E-state index in [-0.39, 0.29) is 16.4 Å². The van der Waals surface area contributed by atoms with E-state index in [1.807, 2.05) is 6.92 Å². The Balaban J connectivity index is 2.12. The Morgan fingerprint density at radius 3 is 2.71 bits per heavy atom. The summed E-state index contributed by atoms with van der Waals surface area (Å²) in [7, 11) is 0. The van der Waals surface area contributed by atoms with E-state index in [1.54, 1.807) is 0 Å². The third kappa shape index (κ3) is 3.72. The quantitative estimate of drug-likeness (QED) is 0.805. The monoisotopic (exact) mass is 310 g/mol. The van der Waals surface area contributed by atoms with Gasteiger partial charge in [-0.2, -0.15) is 0 Å². The number of carbonyl (C=O) groups excluding carboxylic acids is 1. The van der Waals surface area contributed by atoms with Crippen LogP contribution in [0.1, 0.15) is 22.3 Å². The van der Waals surface area contributed by atoms with Gasteiger partial charge in [0.05, 0.1) is 11.3 Å². The van der Waals surface area contributed by atoms with E-state index < -0.39 is 17.8 Å².